The fourth-order valence-electron chi connectivity index (χ4n) is 3.44. The van der Waals surface area contributed by atoms with Crippen LogP contribution in [0.1, 0.15) is 42.5 Å². The molecule has 0 aromatic heterocycles. The zero-order valence-corrected chi connectivity index (χ0v) is 13.2. The minimum absolute atomic E-state index is 0.0208. The molecule has 1 spiro atoms. The van der Waals surface area contributed by atoms with Crippen molar-refractivity contribution in [3.05, 3.63) is 29.8 Å². The molecule has 2 fully saturated rings. The molecule has 1 aliphatic heterocycles. The molecule has 0 atom stereocenters. The minimum Gasteiger partial charge on any atom is -0.478 e. The third-order valence-electron chi connectivity index (χ3n) is 4.77. The summed E-state index contributed by atoms with van der Waals surface area (Å²) in [7, 11) is -3.92. The molecule has 126 valence electrons. The van der Waals surface area contributed by atoms with E-state index in [-0.39, 0.29) is 17.0 Å². The number of benzene rings is 1. The van der Waals surface area contributed by atoms with Crippen molar-refractivity contribution < 1.29 is 27.1 Å². The molecule has 0 radical (unpaired) electrons. The summed E-state index contributed by atoms with van der Waals surface area (Å²) in [5, 5.41) is 8.87. The van der Waals surface area contributed by atoms with Crippen LogP contribution in [-0.4, -0.2) is 41.8 Å². The van der Waals surface area contributed by atoms with Crippen molar-refractivity contribution in [1.82, 2.24) is 4.31 Å². The van der Waals surface area contributed by atoms with Crippen LogP contribution < -0.4 is 0 Å². The van der Waals surface area contributed by atoms with Crippen LogP contribution in [0.4, 0.5) is 8.78 Å². The lowest BCUT2D eigenvalue weighted by Gasteiger charge is -2.53. The zero-order valence-electron chi connectivity index (χ0n) is 12.3. The Morgan fingerprint density at radius 2 is 1.74 bits per heavy atom. The Kier molecular flexibility index (Phi) is 3.72. The first-order valence-electron chi connectivity index (χ1n) is 7.40. The van der Waals surface area contributed by atoms with E-state index in [9.17, 15) is 22.0 Å². The molecule has 8 heteroatoms. The summed E-state index contributed by atoms with van der Waals surface area (Å²) in [5.41, 5.74) is -1.01. The smallest absolute Gasteiger partial charge is 0.335 e. The van der Waals surface area contributed by atoms with E-state index in [4.69, 9.17) is 5.11 Å². The van der Waals surface area contributed by atoms with Crippen molar-refractivity contribution >= 4 is 16.0 Å². The van der Waals surface area contributed by atoms with E-state index in [1.165, 1.54) is 28.6 Å². The van der Waals surface area contributed by atoms with Gasteiger partial charge in [-0.2, -0.15) is 4.31 Å². The van der Waals surface area contributed by atoms with Gasteiger partial charge in [0.2, 0.25) is 10.0 Å². The number of rotatable bonds is 3. The molecular formula is C15H17F2NO4S. The number of carboxylic acids is 1. The maximum Gasteiger partial charge on any atom is 0.335 e. The zero-order chi connectivity index (χ0) is 16.9. The molecule has 1 saturated carbocycles. The summed E-state index contributed by atoms with van der Waals surface area (Å²) in [6, 6.07) is 4.86. The fraction of sp³-hybridized carbons (Fsp3) is 0.533. The topological polar surface area (TPSA) is 74.7 Å². The summed E-state index contributed by atoms with van der Waals surface area (Å²) in [5.74, 6) is -3.98. The monoisotopic (exact) mass is 345 g/mol. The highest BCUT2D eigenvalue weighted by Gasteiger charge is 2.56. The quantitative estimate of drug-likeness (QED) is 0.914. The standard InChI is InChI=1S/C15H17F2NO4S/c16-15(17)8-9-18(14(10-15)6-1-7-14)23(21,22)12-4-2-11(3-5-12)13(19)20/h2-5H,1,6-10H2,(H,19,20). The molecule has 1 heterocycles. The molecule has 1 N–H and O–H groups in total. The summed E-state index contributed by atoms with van der Waals surface area (Å²) >= 11 is 0. The lowest BCUT2D eigenvalue weighted by atomic mass is 9.70. The van der Waals surface area contributed by atoms with E-state index in [0.29, 0.717) is 12.8 Å². The predicted octanol–water partition coefficient (Wildman–Crippen LogP) is 2.73. The Labute approximate surface area is 133 Å². The van der Waals surface area contributed by atoms with Gasteiger partial charge in [-0.25, -0.2) is 22.0 Å². The lowest BCUT2D eigenvalue weighted by Crippen LogP contribution is -2.62. The molecule has 1 aliphatic carbocycles. The maximum atomic E-state index is 13.7. The molecular weight excluding hydrogens is 328 g/mol. The third kappa shape index (κ3) is 2.74. The molecule has 3 rings (SSSR count). The van der Waals surface area contributed by atoms with Crippen LogP contribution in [0.5, 0.6) is 0 Å². The van der Waals surface area contributed by atoms with Gasteiger partial charge < -0.3 is 5.11 Å². The second-order valence-corrected chi connectivity index (χ2v) is 8.13. The van der Waals surface area contributed by atoms with E-state index >= 15 is 0 Å². The van der Waals surface area contributed by atoms with Gasteiger partial charge in [0.15, 0.2) is 0 Å². The van der Waals surface area contributed by atoms with Crippen LogP contribution in [0.2, 0.25) is 0 Å². The number of piperidine rings is 1. The number of sulfonamides is 1. The van der Waals surface area contributed by atoms with Gasteiger partial charge in [-0.1, -0.05) is 0 Å². The van der Waals surface area contributed by atoms with Crippen molar-refractivity contribution in [3.63, 3.8) is 0 Å². The Morgan fingerprint density at radius 3 is 2.22 bits per heavy atom. The van der Waals surface area contributed by atoms with E-state index in [0.717, 1.165) is 6.42 Å². The maximum absolute atomic E-state index is 13.7. The molecule has 0 unspecified atom stereocenters. The number of hydrogen-bond donors (Lipinski definition) is 1. The number of carbonyl (C=O) groups is 1. The highest BCUT2D eigenvalue weighted by atomic mass is 32.2. The number of aromatic carboxylic acids is 1. The van der Waals surface area contributed by atoms with Crippen molar-refractivity contribution in [2.75, 3.05) is 6.54 Å². The van der Waals surface area contributed by atoms with Crippen LogP contribution in [-0.2, 0) is 10.0 Å². The first-order valence-corrected chi connectivity index (χ1v) is 8.84. The molecule has 1 saturated heterocycles. The first-order chi connectivity index (χ1) is 10.7. The summed E-state index contributed by atoms with van der Waals surface area (Å²) < 4.78 is 54.3. The van der Waals surface area contributed by atoms with Crippen molar-refractivity contribution in [1.29, 1.82) is 0 Å². The highest BCUT2D eigenvalue weighted by Crippen LogP contribution is 2.51. The highest BCUT2D eigenvalue weighted by molar-refractivity contribution is 7.89. The fourth-order valence-corrected chi connectivity index (χ4v) is 5.27. The van der Waals surface area contributed by atoms with Gasteiger partial charge in [0.1, 0.15) is 0 Å². The van der Waals surface area contributed by atoms with Crippen molar-refractivity contribution in [2.45, 2.75) is 48.5 Å². The normalized spacial score (nSPS) is 23.4. The summed E-state index contributed by atoms with van der Waals surface area (Å²) in [4.78, 5) is 10.8. The predicted molar refractivity (Wildman–Crippen MR) is 78.1 cm³/mol. The average molecular weight is 345 g/mol. The van der Waals surface area contributed by atoms with Gasteiger partial charge in [0.05, 0.1) is 10.5 Å². The Balaban J connectivity index is 1.94. The van der Waals surface area contributed by atoms with Crippen LogP contribution in [0.25, 0.3) is 0 Å². The SMILES string of the molecule is O=C(O)c1ccc(S(=O)(=O)N2CCC(F)(F)CC23CCC3)cc1. The second-order valence-electron chi connectivity index (χ2n) is 6.27. The Bertz CT molecular complexity index is 726. The van der Waals surface area contributed by atoms with Gasteiger partial charge in [0, 0.05) is 24.9 Å². The van der Waals surface area contributed by atoms with E-state index in [1.807, 2.05) is 0 Å². The lowest BCUT2D eigenvalue weighted by molar-refractivity contribution is -0.112. The molecule has 2 aliphatic rings. The largest absolute Gasteiger partial charge is 0.478 e. The molecule has 0 bridgehead atoms. The minimum atomic E-state index is -3.92. The van der Waals surface area contributed by atoms with Crippen LogP contribution in [0, 0.1) is 0 Å². The molecule has 23 heavy (non-hydrogen) atoms. The Morgan fingerprint density at radius 1 is 1.13 bits per heavy atom. The molecule has 1 aromatic rings. The average Bonchev–Trinajstić information content (AvgIpc) is 2.44. The molecule has 0 amide bonds. The van der Waals surface area contributed by atoms with E-state index in [2.05, 4.69) is 0 Å². The molecule has 1 aromatic carbocycles. The first kappa shape index (κ1) is 16.3. The number of hydrogen-bond acceptors (Lipinski definition) is 3. The van der Waals surface area contributed by atoms with Gasteiger partial charge in [-0.3, -0.25) is 0 Å². The van der Waals surface area contributed by atoms with Gasteiger partial charge >= 0.3 is 5.97 Å². The van der Waals surface area contributed by atoms with Crippen molar-refractivity contribution in [2.24, 2.45) is 0 Å². The van der Waals surface area contributed by atoms with Gasteiger partial charge in [0.25, 0.3) is 5.92 Å². The number of carboxylic acid groups (broad SMARTS) is 1. The number of alkyl halides is 2. The van der Waals surface area contributed by atoms with Gasteiger partial charge in [-0.05, 0) is 43.5 Å². The van der Waals surface area contributed by atoms with Crippen LogP contribution in [0.15, 0.2) is 29.2 Å². The van der Waals surface area contributed by atoms with Crippen molar-refractivity contribution in [3.8, 4) is 0 Å². The second kappa shape index (κ2) is 5.24. The van der Waals surface area contributed by atoms with Crippen LogP contribution in [0.3, 0.4) is 0 Å². The van der Waals surface area contributed by atoms with Gasteiger partial charge in [-0.15, -0.1) is 0 Å². The molecule has 5 nitrogen and oxygen atoms in total. The van der Waals surface area contributed by atoms with E-state index in [1.54, 1.807) is 0 Å². The third-order valence-corrected chi connectivity index (χ3v) is 6.79. The number of nitrogens with zero attached hydrogens (tertiary/aromatic N) is 1. The van der Waals surface area contributed by atoms with E-state index < -0.39 is 40.3 Å². The summed E-state index contributed by atoms with van der Waals surface area (Å²) in [6.45, 7) is -0.212. The van der Waals surface area contributed by atoms with Crippen LogP contribution >= 0.6 is 0 Å². The Hall–Kier alpha value is -1.54. The summed E-state index contributed by atoms with van der Waals surface area (Å²) in [6.07, 6.45) is 0.692. The number of halogens is 2.